The van der Waals surface area contributed by atoms with Gasteiger partial charge in [0.25, 0.3) is 0 Å². The van der Waals surface area contributed by atoms with Gasteiger partial charge in [-0.3, -0.25) is 0 Å². The molecule has 0 aliphatic carbocycles. The van der Waals surface area contributed by atoms with Crippen molar-refractivity contribution in [2.24, 2.45) is 0 Å². The lowest BCUT2D eigenvalue weighted by Gasteiger charge is -2.15. The molecule has 0 saturated heterocycles. The number of benzene rings is 2. The first-order valence-corrected chi connectivity index (χ1v) is 10.7. The van der Waals surface area contributed by atoms with E-state index in [2.05, 4.69) is 27.7 Å². The number of hydrogen-bond donors (Lipinski definition) is 4. The summed E-state index contributed by atoms with van der Waals surface area (Å²) in [7, 11) is 2.66. The molecular weight excluding hydrogens is 368 g/mol. The van der Waals surface area contributed by atoms with E-state index < -0.39 is 0 Å². The Balaban J connectivity index is 2.37. The monoisotopic (exact) mass is 394 g/mol. The average molecular weight is 395 g/mol. The second-order valence-electron chi connectivity index (χ2n) is 6.85. The first-order valence-electron chi connectivity index (χ1n) is 8.56. The van der Waals surface area contributed by atoms with Gasteiger partial charge >= 0.3 is 0 Å². The molecule has 0 aliphatic heterocycles. The fourth-order valence-electron chi connectivity index (χ4n) is 2.50. The van der Waals surface area contributed by atoms with E-state index in [0.717, 1.165) is 11.1 Å². The van der Waals surface area contributed by atoms with Crippen LogP contribution in [0.1, 0.15) is 61.8 Å². The zero-order valence-electron chi connectivity index (χ0n) is 15.5. The molecule has 6 heteroatoms. The van der Waals surface area contributed by atoms with Crippen LogP contribution in [0.4, 0.5) is 0 Å². The largest absolute Gasteiger partial charge is 0.506 e. The molecule has 0 aromatic heterocycles. The second kappa shape index (κ2) is 9.04. The minimum atomic E-state index is -0.229. The number of hydrogen-bond acceptors (Lipinski definition) is 6. The van der Waals surface area contributed by atoms with Crippen molar-refractivity contribution >= 4 is 21.6 Å². The molecule has 2 aromatic carbocycles. The van der Waals surface area contributed by atoms with Crippen molar-refractivity contribution < 1.29 is 20.4 Å². The Bertz CT molecular complexity index is 707. The van der Waals surface area contributed by atoms with Gasteiger partial charge in [0.15, 0.2) is 0 Å². The van der Waals surface area contributed by atoms with Gasteiger partial charge in [-0.25, -0.2) is 0 Å². The van der Waals surface area contributed by atoms with Crippen LogP contribution >= 0.6 is 21.6 Å². The molecular formula is C20H26O4S2. The van der Waals surface area contributed by atoms with Crippen LogP contribution in [0.25, 0.3) is 0 Å². The van der Waals surface area contributed by atoms with Crippen LogP contribution in [-0.4, -0.2) is 20.4 Å². The van der Waals surface area contributed by atoms with Gasteiger partial charge in [0.1, 0.15) is 11.5 Å². The predicted molar refractivity (Wildman–Crippen MR) is 108 cm³/mol. The van der Waals surface area contributed by atoms with E-state index in [0.29, 0.717) is 20.9 Å². The third-order valence-corrected chi connectivity index (χ3v) is 6.64. The summed E-state index contributed by atoms with van der Waals surface area (Å²) in [5, 5.41) is 39.8. The lowest BCUT2D eigenvalue weighted by Crippen LogP contribution is -1.94. The zero-order chi connectivity index (χ0) is 19.4. The van der Waals surface area contributed by atoms with Crippen molar-refractivity contribution in [1.82, 2.24) is 0 Å². The Morgan fingerprint density at radius 3 is 1.31 bits per heavy atom. The first-order chi connectivity index (χ1) is 12.3. The average Bonchev–Trinajstić information content (AvgIpc) is 2.61. The number of aliphatic hydroxyl groups is 2. The maximum Gasteiger partial charge on any atom is 0.135 e. The normalized spacial score (nSPS) is 11.5. The van der Waals surface area contributed by atoms with E-state index in [1.807, 2.05) is 24.3 Å². The zero-order valence-corrected chi connectivity index (χ0v) is 17.1. The Hall–Kier alpha value is -1.34. The lowest BCUT2D eigenvalue weighted by molar-refractivity contribution is 0.274. The third kappa shape index (κ3) is 4.68. The third-order valence-electron chi connectivity index (χ3n) is 4.25. The molecule has 2 aromatic rings. The summed E-state index contributed by atoms with van der Waals surface area (Å²) in [4.78, 5) is 1.29. The van der Waals surface area contributed by atoms with Crippen LogP contribution in [0.2, 0.25) is 0 Å². The molecule has 0 heterocycles. The van der Waals surface area contributed by atoms with E-state index in [1.165, 1.54) is 21.6 Å². The number of aliphatic hydroxyl groups excluding tert-OH is 2. The maximum absolute atomic E-state index is 10.4. The van der Waals surface area contributed by atoms with Gasteiger partial charge in [-0.2, -0.15) is 0 Å². The lowest BCUT2D eigenvalue weighted by atomic mass is 10.0. The molecule has 142 valence electrons. The van der Waals surface area contributed by atoms with E-state index in [-0.39, 0.29) is 36.5 Å². The van der Waals surface area contributed by atoms with E-state index in [4.69, 9.17) is 0 Å². The molecule has 4 N–H and O–H groups in total. The SMILES string of the molecule is CC(C)c1cc(CO)c(O)c(SSc2cc(C(C)C)cc(CO)c2O)c1. The summed E-state index contributed by atoms with van der Waals surface area (Å²) in [6.07, 6.45) is 0. The van der Waals surface area contributed by atoms with Crippen molar-refractivity contribution in [3.8, 4) is 11.5 Å². The van der Waals surface area contributed by atoms with E-state index in [1.54, 1.807) is 0 Å². The molecule has 4 nitrogen and oxygen atoms in total. The Kier molecular flexibility index (Phi) is 7.29. The number of phenols is 2. The summed E-state index contributed by atoms with van der Waals surface area (Å²) in [6, 6.07) is 7.45. The smallest absolute Gasteiger partial charge is 0.135 e. The van der Waals surface area contributed by atoms with Crippen LogP contribution in [0.3, 0.4) is 0 Å². The fraction of sp³-hybridized carbons (Fsp3) is 0.400. The molecule has 0 amide bonds. The highest BCUT2D eigenvalue weighted by Gasteiger charge is 2.16. The molecule has 0 atom stereocenters. The molecule has 0 fully saturated rings. The quantitative estimate of drug-likeness (QED) is 0.488. The summed E-state index contributed by atoms with van der Waals surface area (Å²) in [5.74, 6) is 0.667. The Morgan fingerprint density at radius 2 is 1.04 bits per heavy atom. The minimum Gasteiger partial charge on any atom is -0.506 e. The molecule has 2 rings (SSSR count). The molecule has 0 aliphatic rings. The van der Waals surface area contributed by atoms with Crippen molar-refractivity contribution in [3.63, 3.8) is 0 Å². The molecule has 0 bridgehead atoms. The van der Waals surface area contributed by atoms with Gasteiger partial charge < -0.3 is 20.4 Å². The molecule has 0 saturated carbocycles. The van der Waals surface area contributed by atoms with Gasteiger partial charge in [-0.05, 0) is 68.8 Å². The summed E-state index contributed by atoms with van der Waals surface area (Å²) in [6.45, 7) is 7.77. The second-order valence-corrected chi connectivity index (χ2v) is 9.06. The van der Waals surface area contributed by atoms with Crippen LogP contribution in [-0.2, 0) is 13.2 Å². The van der Waals surface area contributed by atoms with Crippen molar-refractivity contribution in [1.29, 1.82) is 0 Å². The molecule has 26 heavy (non-hydrogen) atoms. The van der Waals surface area contributed by atoms with Crippen molar-refractivity contribution in [2.75, 3.05) is 0 Å². The van der Waals surface area contributed by atoms with E-state index in [9.17, 15) is 20.4 Å². The van der Waals surface area contributed by atoms with Gasteiger partial charge in [-0.15, -0.1) is 0 Å². The van der Waals surface area contributed by atoms with E-state index >= 15 is 0 Å². The summed E-state index contributed by atoms with van der Waals surface area (Å²) < 4.78 is 0. The summed E-state index contributed by atoms with van der Waals surface area (Å²) >= 11 is 0. The molecule has 0 spiro atoms. The molecule has 0 unspecified atom stereocenters. The van der Waals surface area contributed by atoms with Gasteiger partial charge in [0, 0.05) is 11.1 Å². The highest BCUT2D eigenvalue weighted by Crippen LogP contribution is 2.47. The summed E-state index contributed by atoms with van der Waals surface area (Å²) in [5.41, 5.74) is 3.06. The van der Waals surface area contributed by atoms with Crippen molar-refractivity contribution in [3.05, 3.63) is 46.5 Å². The minimum absolute atomic E-state index is 0.0660. The van der Waals surface area contributed by atoms with Gasteiger partial charge in [0.05, 0.1) is 23.0 Å². The Morgan fingerprint density at radius 1 is 0.692 bits per heavy atom. The molecule has 0 radical (unpaired) electrons. The standard InChI is InChI=1S/C20H26O4S2/c1-11(2)13-5-15(9-21)19(23)17(7-13)25-26-18-8-14(12(3)4)6-16(10-22)20(18)24/h5-8,11-12,21-24H,9-10H2,1-4H3. The van der Waals surface area contributed by atoms with Crippen molar-refractivity contribution in [2.45, 2.75) is 62.5 Å². The number of rotatable bonds is 7. The van der Waals surface area contributed by atoms with Crippen LogP contribution in [0.5, 0.6) is 11.5 Å². The topological polar surface area (TPSA) is 80.9 Å². The number of aromatic hydroxyl groups is 2. The van der Waals surface area contributed by atoms with Gasteiger partial charge in [-0.1, -0.05) is 27.7 Å². The van der Waals surface area contributed by atoms with Gasteiger partial charge in [0.2, 0.25) is 0 Å². The van der Waals surface area contributed by atoms with Crippen LogP contribution < -0.4 is 0 Å². The predicted octanol–water partition coefficient (Wildman–Crippen LogP) is 5.13. The maximum atomic E-state index is 10.4. The highest BCUT2D eigenvalue weighted by molar-refractivity contribution is 8.76. The Labute approximate surface area is 162 Å². The highest BCUT2D eigenvalue weighted by atomic mass is 33.1. The van der Waals surface area contributed by atoms with Crippen LogP contribution in [0, 0.1) is 0 Å². The fourth-order valence-corrected chi connectivity index (χ4v) is 4.77. The first kappa shape index (κ1) is 21.0. The van der Waals surface area contributed by atoms with Crippen LogP contribution in [0.15, 0.2) is 34.1 Å².